The van der Waals surface area contributed by atoms with E-state index in [0.29, 0.717) is 46.7 Å². The molecule has 1 atom stereocenters. The number of fused-ring (bicyclic) bond motifs is 1. The van der Waals surface area contributed by atoms with E-state index < -0.39 is 11.7 Å². The summed E-state index contributed by atoms with van der Waals surface area (Å²) in [6, 6.07) is 1.15. The topological polar surface area (TPSA) is 79.2 Å². The molecule has 0 saturated carbocycles. The van der Waals surface area contributed by atoms with E-state index >= 15 is 0 Å². The third-order valence-corrected chi connectivity index (χ3v) is 5.26. The highest BCUT2D eigenvalue weighted by atomic mass is 35.5. The smallest absolute Gasteiger partial charge is 0.298 e. The Morgan fingerprint density at radius 3 is 2.85 bits per heavy atom. The van der Waals surface area contributed by atoms with E-state index in [9.17, 15) is 14.0 Å². The molecule has 136 valence electrons. The number of hydrogen-bond acceptors (Lipinski definition) is 2. The number of primary amides is 1. The van der Waals surface area contributed by atoms with E-state index in [-0.39, 0.29) is 17.4 Å². The molecule has 2 aromatic rings. The van der Waals surface area contributed by atoms with Gasteiger partial charge in [-0.15, -0.1) is 0 Å². The lowest BCUT2D eigenvalue weighted by molar-refractivity contribution is -0.126. The summed E-state index contributed by atoms with van der Waals surface area (Å²) in [6.07, 6.45) is 1.45. The van der Waals surface area contributed by atoms with Gasteiger partial charge in [0.25, 0.3) is 11.8 Å². The van der Waals surface area contributed by atoms with Gasteiger partial charge >= 0.3 is 0 Å². The van der Waals surface area contributed by atoms with Gasteiger partial charge < -0.3 is 15.6 Å². The van der Waals surface area contributed by atoms with Crippen LogP contribution in [0.4, 0.5) is 4.39 Å². The Hall–Kier alpha value is -2.52. The Kier molecular flexibility index (Phi) is 4.92. The van der Waals surface area contributed by atoms with E-state index in [1.807, 2.05) is 0 Å². The summed E-state index contributed by atoms with van der Waals surface area (Å²) in [4.78, 5) is 28.5. The zero-order valence-corrected chi connectivity index (χ0v) is 15.3. The molecule has 2 amide bonds. The number of hydrogen-bond donors (Lipinski definition) is 2. The fourth-order valence-corrected chi connectivity index (χ4v) is 3.87. The number of aromatic amines is 1. The van der Waals surface area contributed by atoms with E-state index in [2.05, 4.69) is 16.8 Å². The maximum atomic E-state index is 15.0. The van der Waals surface area contributed by atoms with Crippen molar-refractivity contribution in [2.45, 2.75) is 32.6 Å². The molecule has 0 unspecified atom stereocenters. The lowest BCUT2D eigenvalue weighted by Crippen LogP contribution is -2.38. The number of rotatable bonds is 2. The highest BCUT2D eigenvalue weighted by Gasteiger charge is 2.30. The van der Waals surface area contributed by atoms with Crippen LogP contribution < -0.4 is 5.73 Å². The molecule has 7 heteroatoms. The minimum absolute atomic E-state index is 0.0665. The molecule has 0 aliphatic carbocycles. The minimum Gasteiger partial charge on any atom is -0.366 e. The van der Waals surface area contributed by atoms with Gasteiger partial charge in [-0.3, -0.25) is 9.59 Å². The first-order valence-corrected chi connectivity index (χ1v) is 8.74. The molecule has 0 spiro atoms. The van der Waals surface area contributed by atoms with Crippen molar-refractivity contribution in [3.8, 4) is 11.8 Å². The number of benzene rings is 1. The maximum absolute atomic E-state index is 15.0. The lowest BCUT2D eigenvalue weighted by atomic mass is 9.87. The van der Waals surface area contributed by atoms with Crippen molar-refractivity contribution >= 4 is 34.3 Å². The van der Waals surface area contributed by atoms with Crippen molar-refractivity contribution in [3.63, 3.8) is 0 Å². The highest BCUT2D eigenvalue weighted by molar-refractivity contribution is 6.37. The van der Waals surface area contributed by atoms with Crippen molar-refractivity contribution in [2.75, 3.05) is 13.1 Å². The number of nitrogens with two attached hydrogens (primary N) is 1. The lowest BCUT2D eigenvalue weighted by Gasteiger charge is -2.32. The molecule has 1 aliphatic heterocycles. The molecule has 1 aromatic carbocycles. The van der Waals surface area contributed by atoms with Crippen LogP contribution >= 0.6 is 11.6 Å². The van der Waals surface area contributed by atoms with Gasteiger partial charge in [0, 0.05) is 35.7 Å². The average molecular weight is 376 g/mol. The van der Waals surface area contributed by atoms with Crippen molar-refractivity contribution in [3.05, 3.63) is 33.7 Å². The molecule has 5 nitrogen and oxygen atoms in total. The number of nitrogens with zero attached hydrogens (tertiary/aromatic N) is 1. The quantitative estimate of drug-likeness (QED) is 0.791. The number of aryl methyl sites for hydroxylation is 1. The monoisotopic (exact) mass is 375 g/mol. The first-order valence-electron chi connectivity index (χ1n) is 8.36. The van der Waals surface area contributed by atoms with Crippen LogP contribution in [0.25, 0.3) is 10.9 Å². The second-order valence-corrected chi connectivity index (χ2v) is 6.84. The SMILES string of the molecule is CC#CC(=O)N1CCC[C@H](c2c(F)cc(C(N)=O)c3[nH]c(C)c(Cl)c23)C1. The number of likely N-dealkylation sites (tertiary alicyclic amines) is 1. The second-order valence-electron chi connectivity index (χ2n) is 6.46. The number of nitrogens with one attached hydrogen (secondary N) is 1. The number of H-pyrrole nitrogens is 1. The first-order chi connectivity index (χ1) is 12.3. The molecule has 1 fully saturated rings. The summed E-state index contributed by atoms with van der Waals surface area (Å²) in [5.74, 6) is 3.37. The largest absolute Gasteiger partial charge is 0.366 e. The second kappa shape index (κ2) is 7.00. The van der Waals surface area contributed by atoms with Gasteiger partial charge in [-0.1, -0.05) is 17.5 Å². The van der Waals surface area contributed by atoms with Gasteiger partial charge in [0.1, 0.15) is 5.82 Å². The molecule has 26 heavy (non-hydrogen) atoms. The summed E-state index contributed by atoms with van der Waals surface area (Å²) >= 11 is 6.41. The predicted molar refractivity (Wildman–Crippen MR) is 98.5 cm³/mol. The Balaban J connectivity index is 2.14. The number of halogens is 2. The third-order valence-electron chi connectivity index (χ3n) is 4.79. The van der Waals surface area contributed by atoms with Gasteiger partial charge in [0.15, 0.2) is 0 Å². The molecule has 0 radical (unpaired) electrons. The highest BCUT2D eigenvalue weighted by Crippen LogP contribution is 2.40. The third kappa shape index (κ3) is 3.04. The number of aromatic nitrogens is 1. The van der Waals surface area contributed by atoms with E-state index in [1.165, 1.54) is 0 Å². The van der Waals surface area contributed by atoms with E-state index in [0.717, 1.165) is 12.5 Å². The molecule has 3 rings (SSSR count). The summed E-state index contributed by atoms with van der Waals surface area (Å²) in [7, 11) is 0. The van der Waals surface area contributed by atoms with Gasteiger partial charge in [-0.2, -0.15) is 0 Å². The zero-order chi connectivity index (χ0) is 19.0. The molecule has 3 N–H and O–H groups in total. The molecular weight excluding hydrogens is 357 g/mol. The maximum Gasteiger partial charge on any atom is 0.298 e. The van der Waals surface area contributed by atoms with Crippen molar-refractivity contribution in [1.82, 2.24) is 9.88 Å². The van der Waals surface area contributed by atoms with Crippen LogP contribution in [0.1, 0.15) is 47.3 Å². The van der Waals surface area contributed by atoms with Gasteiger partial charge in [0.2, 0.25) is 0 Å². The molecule has 1 aromatic heterocycles. The fourth-order valence-electron chi connectivity index (χ4n) is 3.63. The van der Waals surface area contributed by atoms with Crippen LogP contribution in [0.5, 0.6) is 0 Å². The summed E-state index contributed by atoms with van der Waals surface area (Å²) in [5, 5.41) is 0.840. The van der Waals surface area contributed by atoms with Crippen LogP contribution in [-0.4, -0.2) is 34.8 Å². The van der Waals surface area contributed by atoms with Gasteiger partial charge in [-0.25, -0.2) is 4.39 Å². The Bertz CT molecular complexity index is 971. The zero-order valence-electron chi connectivity index (χ0n) is 14.6. The first kappa shape index (κ1) is 18.3. The normalized spacial score (nSPS) is 17.1. The molecule has 2 heterocycles. The Morgan fingerprint density at radius 2 is 2.19 bits per heavy atom. The number of piperidine rings is 1. The van der Waals surface area contributed by atoms with Gasteiger partial charge in [-0.05, 0) is 38.7 Å². The number of carbonyl (C=O) groups excluding carboxylic acids is 2. The summed E-state index contributed by atoms with van der Waals surface area (Å²) in [6.45, 7) is 4.31. The Morgan fingerprint density at radius 1 is 1.46 bits per heavy atom. The van der Waals surface area contributed by atoms with E-state index in [4.69, 9.17) is 17.3 Å². The van der Waals surface area contributed by atoms with Crippen LogP contribution in [0, 0.1) is 24.6 Å². The van der Waals surface area contributed by atoms with Crippen LogP contribution in [0.15, 0.2) is 6.07 Å². The molecular formula is C19H19ClFN3O2. The van der Waals surface area contributed by atoms with Gasteiger partial charge in [0.05, 0.1) is 16.1 Å². The molecule has 0 bridgehead atoms. The standard InChI is InChI=1S/C19H19ClFN3O2/c1-3-5-14(25)24-7-4-6-11(9-24)15-13(21)8-12(19(22)26)18-16(15)17(20)10(2)23-18/h8,11,23H,4,6-7,9H2,1-2H3,(H2,22,26)/t11-/m0/s1. The summed E-state index contributed by atoms with van der Waals surface area (Å²) < 4.78 is 15.0. The molecule has 1 aliphatic rings. The van der Waals surface area contributed by atoms with Crippen molar-refractivity contribution in [2.24, 2.45) is 5.73 Å². The summed E-state index contributed by atoms with van der Waals surface area (Å²) in [5.41, 5.74) is 6.95. The van der Waals surface area contributed by atoms with E-state index in [1.54, 1.807) is 18.7 Å². The van der Waals surface area contributed by atoms with Crippen LogP contribution in [-0.2, 0) is 4.79 Å². The van der Waals surface area contributed by atoms with Crippen molar-refractivity contribution in [1.29, 1.82) is 0 Å². The minimum atomic E-state index is -0.725. The van der Waals surface area contributed by atoms with Crippen molar-refractivity contribution < 1.29 is 14.0 Å². The Labute approximate surface area is 155 Å². The molecule has 1 saturated heterocycles. The van der Waals surface area contributed by atoms with Crippen LogP contribution in [0.3, 0.4) is 0 Å². The predicted octanol–water partition coefficient (Wildman–Crippen LogP) is 3.10. The number of amides is 2. The fraction of sp³-hybridized carbons (Fsp3) is 0.368. The van der Waals surface area contributed by atoms with Crippen LogP contribution in [0.2, 0.25) is 5.02 Å². The number of carbonyl (C=O) groups is 2. The average Bonchev–Trinajstić information content (AvgIpc) is 2.90.